The van der Waals surface area contributed by atoms with E-state index in [-0.39, 0.29) is 5.69 Å². The number of nitriles is 1. The third-order valence-electron chi connectivity index (χ3n) is 12.5. The molecule has 0 N–H and O–H groups in total. The van der Waals surface area contributed by atoms with Crippen LogP contribution in [-0.4, -0.2) is 4.57 Å². The fourth-order valence-corrected chi connectivity index (χ4v) is 15.7. The van der Waals surface area contributed by atoms with Crippen LogP contribution >= 0.6 is 56.7 Å². The van der Waals surface area contributed by atoms with Crippen molar-refractivity contribution in [2.24, 2.45) is 5.92 Å². The van der Waals surface area contributed by atoms with Gasteiger partial charge < -0.3 is 4.57 Å². The molecular formula is C56H52F8N2S5. The van der Waals surface area contributed by atoms with Gasteiger partial charge in [0.1, 0.15) is 0 Å². The van der Waals surface area contributed by atoms with E-state index in [9.17, 15) is 22.8 Å². The van der Waals surface area contributed by atoms with Crippen LogP contribution in [0.4, 0.5) is 35.1 Å². The fourth-order valence-electron chi connectivity index (χ4n) is 9.02. The molecule has 0 fully saturated rings. The predicted octanol–water partition coefficient (Wildman–Crippen LogP) is 21.1. The third-order valence-corrected chi connectivity index (χ3v) is 19.0. The summed E-state index contributed by atoms with van der Waals surface area (Å²) in [5.41, 5.74) is 1.38. The molecule has 0 aliphatic rings. The summed E-state index contributed by atoms with van der Waals surface area (Å²) in [5.74, 6) is -16.3. The number of hydrogen-bond acceptors (Lipinski definition) is 6. The molecule has 0 saturated heterocycles. The average molecular weight is 1070 g/mol. The number of rotatable bonds is 17. The first kappa shape index (κ1) is 52.5. The van der Waals surface area contributed by atoms with Crippen molar-refractivity contribution < 1.29 is 35.1 Å². The first-order chi connectivity index (χ1) is 34.1. The van der Waals surface area contributed by atoms with Crippen LogP contribution in [0.5, 0.6) is 0 Å². The minimum atomic E-state index is -2.30. The first-order valence-electron chi connectivity index (χ1n) is 24.0. The van der Waals surface area contributed by atoms with E-state index in [1.54, 1.807) is 75.7 Å². The molecule has 6 aromatic heterocycles. The number of aromatic nitrogens is 1. The second-order valence-corrected chi connectivity index (χ2v) is 23.6. The quantitative estimate of drug-likeness (QED) is 0.0294. The molecule has 372 valence electrons. The lowest BCUT2D eigenvalue weighted by Crippen LogP contribution is -2.03. The Morgan fingerprint density at radius 2 is 1.07 bits per heavy atom. The molecule has 0 unspecified atom stereocenters. The van der Waals surface area contributed by atoms with Crippen molar-refractivity contribution in [1.29, 1.82) is 5.26 Å². The van der Waals surface area contributed by atoms with Crippen molar-refractivity contribution in [3.05, 3.63) is 117 Å². The van der Waals surface area contributed by atoms with Crippen LogP contribution < -0.4 is 0 Å². The molecule has 0 radical (unpaired) electrons. The minimum Gasteiger partial charge on any atom is -0.303 e. The number of nitrogens with zero attached hydrogens (tertiary/aromatic N) is 2. The molecule has 0 spiro atoms. The third kappa shape index (κ3) is 10.4. The first-order valence-corrected chi connectivity index (χ1v) is 28.1. The van der Waals surface area contributed by atoms with Crippen LogP contribution in [0.2, 0.25) is 0 Å². The van der Waals surface area contributed by atoms with E-state index in [4.69, 9.17) is 0 Å². The number of allylic oxidation sites excluding steroid dienone is 1. The highest BCUT2D eigenvalue weighted by Crippen LogP contribution is 2.51. The molecule has 2 nitrogen and oxygen atoms in total. The number of fused-ring (bicyclic) bond motifs is 6. The van der Waals surface area contributed by atoms with Gasteiger partial charge in [-0.15, -0.1) is 56.7 Å². The van der Waals surface area contributed by atoms with Crippen LogP contribution in [0.1, 0.15) is 122 Å². The van der Waals surface area contributed by atoms with Crippen molar-refractivity contribution in [3.8, 4) is 41.7 Å². The summed E-state index contributed by atoms with van der Waals surface area (Å²) in [4.78, 5) is 6.64. The summed E-state index contributed by atoms with van der Waals surface area (Å²) in [6.45, 7) is 12.9. The molecule has 6 heterocycles. The topological polar surface area (TPSA) is 28.7 Å². The van der Waals surface area contributed by atoms with Crippen LogP contribution in [-0.2, 0) is 12.8 Å². The van der Waals surface area contributed by atoms with Crippen LogP contribution in [0, 0.1) is 63.8 Å². The summed E-state index contributed by atoms with van der Waals surface area (Å²) < 4.78 is 126. The van der Waals surface area contributed by atoms with Gasteiger partial charge in [-0.1, -0.05) is 98.1 Å². The van der Waals surface area contributed by atoms with Gasteiger partial charge in [-0.25, -0.2) is 35.1 Å². The van der Waals surface area contributed by atoms with Gasteiger partial charge in [-0.2, -0.15) is 5.26 Å². The van der Waals surface area contributed by atoms with Gasteiger partial charge in [0.15, 0.2) is 46.5 Å². The monoisotopic (exact) mass is 1060 g/mol. The van der Waals surface area contributed by atoms with E-state index in [1.165, 1.54) is 64.0 Å². The van der Waals surface area contributed by atoms with Crippen molar-refractivity contribution in [2.45, 2.75) is 119 Å². The lowest BCUT2D eigenvalue weighted by molar-refractivity contribution is 0.416. The Morgan fingerprint density at radius 3 is 1.61 bits per heavy atom. The zero-order valence-corrected chi connectivity index (χ0v) is 44.3. The Kier molecular flexibility index (Phi) is 16.6. The van der Waals surface area contributed by atoms with Gasteiger partial charge >= 0.3 is 0 Å². The average Bonchev–Trinajstić information content (AvgIpc) is 4.22. The Labute approximate surface area is 428 Å². The molecule has 0 amide bonds. The number of hydrogen-bond donors (Lipinski definition) is 0. The molecule has 0 atom stereocenters. The Morgan fingerprint density at radius 1 is 0.563 bits per heavy atom. The van der Waals surface area contributed by atoms with E-state index < -0.39 is 68.3 Å². The Hall–Kier alpha value is -4.85. The van der Waals surface area contributed by atoms with E-state index in [2.05, 4.69) is 65.0 Å². The lowest BCUT2D eigenvalue weighted by Gasteiger charge is -2.11. The minimum absolute atomic E-state index is 0.151. The van der Waals surface area contributed by atoms with Gasteiger partial charge in [0.25, 0.3) is 0 Å². The number of unbranched alkanes of at least 4 members (excludes halogenated alkanes) is 6. The second-order valence-electron chi connectivity index (χ2n) is 18.3. The summed E-state index contributed by atoms with van der Waals surface area (Å²) >= 11 is 8.62. The van der Waals surface area contributed by atoms with E-state index in [0.717, 1.165) is 95.9 Å². The van der Waals surface area contributed by atoms with Crippen LogP contribution in [0.25, 0.3) is 82.3 Å². The number of aryl methyl sites for hydroxylation is 2. The summed E-state index contributed by atoms with van der Waals surface area (Å²) in [7, 11) is 0. The van der Waals surface area contributed by atoms with Crippen molar-refractivity contribution in [2.75, 3.05) is 0 Å². The molecule has 0 bridgehead atoms. The fraction of sp³-hybridized carbons (Fsp3) is 0.339. The number of benzene rings is 3. The maximum absolute atomic E-state index is 15.6. The number of halogens is 8. The van der Waals surface area contributed by atoms with Crippen molar-refractivity contribution >= 4 is 103 Å². The normalized spacial score (nSPS) is 12.1. The highest BCUT2D eigenvalue weighted by atomic mass is 32.1. The van der Waals surface area contributed by atoms with Gasteiger partial charge in [-0.3, -0.25) is 0 Å². The maximum atomic E-state index is 15.6. The predicted molar refractivity (Wildman–Crippen MR) is 286 cm³/mol. The van der Waals surface area contributed by atoms with Gasteiger partial charge in [0.2, 0.25) is 0 Å². The zero-order valence-electron chi connectivity index (χ0n) is 40.2. The zero-order chi connectivity index (χ0) is 50.8. The smallest absolute Gasteiger partial charge is 0.199 e. The van der Waals surface area contributed by atoms with Crippen molar-refractivity contribution in [3.63, 3.8) is 0 Å². The van der Waals surface area contributed by atoms with Gasteiger partial charge in [0.05, 0.1) is 37.3 Å². The Balaban J connectivity index is 0.00000106. The molecule has 0 saturated carbocycles. The molecule has 15 heteroatoms. The molecule has 3 aromatic carbocycles. The number of thiophene rings is 5. The molecule has 71 heavy (non-hydrogen) atoms. The Bertz CT molecular complexity index is 3390. The molecular weight excluding hydrogens is 1010 g/mol. The summed E-state index contributed by atoms with van der Waals surface area (Å²) in [5, 5.41) is 6.80. The van der Waals surface area contributed by atoms with Crippen LogP contribution in [0.3, 0.4) is 0 Å². The molecule has 0 aliphatic heterocycles. The standard InChI is InChI=1S/C50H38F8N2S5.C6H14/c1-4-6-8-10-12-26-20-32(48-27(13-11-9-7-5-2)19-30(63-48)31-22-34-50(64-31)49-33(62-34)21-29(61-49)18-24(3)23-59)65-47(26)25-14-16-28(17-15-25)60-45-35(37(51)39(53)41(55)43(45)57)36-38(52)40(54)42(56)44(58)46(36)60;1-4-5-6(2)3/h14-22H,4-13H2,1-3H3;6H,4-5H2,1-3H3/b24-18-;. The highest BCUT2D eigenvalue weighted by Gasteiger charge is 2.33. The highest BCUT2D eigenvalue weighted by molar-refractivity contribution is 7.40. The van der Waals surface area contributed by atoms with Crippen molar-refractivity contribution in [1.82, 2.24) is 4.57 Å². The molecule has 9 aromatic rings. The lowest BCUT2D eigenvalue weighted by atomic mass is 10.0. The molecule has 9 rings (SSSR count). The maximum Gasteiger partial charge on any atom is 0.199 e. The molecule has 0 aliphatic carbocycles. The summed E-state index contributed by atoms with van der Waals surface area (Å²) in [6, 6.07) is 17.3. The van der Waals surface area contributed by atoms with Crippen LogP contribution in [0.15, 0.2) is 54.1 Å². The summed E-state index contributed by atoms with van der Waals surface area (Å²) in [6.07, 6.45) is 14.8. The van der Waals surface area contributed by atoms with Gasteiger partial charge in [0, 0.05) is 49.9 Å². The SMILES string of the molecule is CCCC(C)C.CCCCCCc1cc(-c2sc(-c3cc4sc5cc(/C=C(/C)C#N)sc5c4s3)cc2CCCCCC)sc1-c1ccc(-n2c3c(F)c(F)c(F)c(F)c3c3c(F)c(F)c(F)c(F)c32)cc1. The van der Waals surface area contributed by atoms with E-state index >= 15 is 17.6 Å². The largest absolute Gasteiger partial charge is 0.303 e. The second kappa shape index (κ2) is 22.5. The van der Waals surface area contributed by atoms with Gasteiger partial charge in [-0.05, 0) is 97.7 Å². The van der Waals surface area contributed by atoms with E-state index in [1.807, 2.05) is 6.08 Å². The van der Waals surface area contributed by atoms with E-state index in [0.29, 0.717) is 10.1 Å².